The van der Waals surface area contributed by atoms with Gasteiger partial charge in [-0.2, -0.15) is 0 Å². The maximum absolute atomic E-state index is 5.51. The molecule has 0 aliphatic carbocycles. The maximum atomic E-state index is 5.51. The molecule has 0 unspecified atom stereocenters. The number of hydrogen-bond donors (Lipinski definition) is 0. The van der Waals surface area contributed by atoms with Crippen LogP contribution in [0, 0.1) is 13.8 Å². The molecule has 0 saturated heterocycles. The monoisotopic (exact) mass is 586 g/mol. The van der Waals surface area contributed by atoms with Gasteiger partial charge in [-0.15, -0.1) is 22.7 Å². The second-order valence-corrected chi connectivity index (χ2v) is 13.6. The summed E-state index contributed by atoms with van der Waals surface area (Å²) in [6.45, 7) is 9.05. The van der Waals surface area contributed by atoms with Crippen LogP contribution in [0.15, 0.2) is 84.9 Å². The summed E-state index contributed by atoms with van der Waals surface area (Å²) in [5.74, 6) is 0. The topological polar surface area (TPSA) is 25.8 Å². The zero-order valence-corrected chi connectivity index (χ0v) is 26.7. The van der Waals surface area contributed by atoms with Gasteiger partial charge in [0.2, 0.25) is 0 Å². The molecule has 6 rings (SSSR count). The Hall–Kier alpha value is -3.60. The van der Waals surface area contributed by atoms with Gasteiger partial charge in [-0.3, -0.25) is 0 Å². The Bertz CT molecular complexity index is 1680. The molecule has 3 aromatic carbocycles. The summed E-state index contributed by atoms with van der Waals surface area (Å²) in [5, 5.41) is 0. The molecule has 0 amide bonds. The van der Waals surface area contributed by atoms with Crippen molar-refractivity contribution in [3.05, 3.63) is 106 Å². The molecule has 0 fully saturated rings. The minimum atomic E-state index is 0.929. The van der Waals surface area contributed by atoms with Crippen LogP contribution in [0.2, 0.25) is 0 Å². The molecule has 3 aromatic heterocycles. The summed E-state index contributed by atoms with van der Waals surface area (Å²) in [5.41, 5.74) is 11.3. The van der Waals surface area contributed by atoms with Crippen LogP contribution in [0.5, 0.6) is 0 Å². The van der Waals surface area contributed by atoms with Gasteiger partial charge in [0.05, 0.1) is 22.4 Å². The van der Waals surface area contributed by atoms with Gasteiger partial charge < -0.3 is 0 Å². The normalized spacial score (nSPS) is 11.4. The molecule has 0 spiro atoms. The predicted octanol–water partition coefficient (Wildman–Crippen LogP) is 11.7. The summed E-state index contributed by atoms with van der Waals surface area (Å²) in [6.07, 6.45) is 7.10. The number of hydrogen-bond acceptors (Lipinski definition) is 4. The molecular weight excluding hydrogens is 549 g/mol. The van der Waals surface area contributed by atoms with Crippen LogP contribution in [-0.4, -0.2) is 9.97 Å². The SMILES string of the molecule is CCCCc1cc(-c2ccc(-c3cc(CCCC)c(C)s3)c3nc(-c4ccccc4)c(-c4ccccc4)nc23)sc1C. The highest BCUT2D eigenvalue weighted by Crippen LogP contribution is 2.43. The first-order valence-electron chi connectivity index (χ1n) is 15.2. The lowest BCUT2D eigenvalue weighted by atomic mass is 9.99. The standard InChI is InChI=1S/C38H38N2S2/c1-5-7-15-29-23-33(41-25(29)3)31-21-22-32(34-24-30(16-8-6-2)26(4)42-34)38-37(31)39-35(27-17-11-9-12-18-27)36(40-38)28-19-13-10-14-20-28/h9-14,17-24H,5-8,15-16H2,1-4H3. The largest absolute Gasteiger partial charge is 0.243 e. The molecule has 3 heterocycles. The van der Waals surface area contributed by atoms with E-state index in [-0.39, 0.29) is 0 Å². The van der Waals surface area contributed by atoms with Crippen LogP contribution in [0.1, 0.15) is 60.4 Å². The predicted molar refractivity (Wildman–Crippen MR) is 184 cm³/mol. The van der Waals surface area contributed by atoms with Crippen LogP contribution in [0.4, 0.5) is 0 Å². The molecular formula is C38H38N2S2. The fraction of sp³-hybridized carbons (Fsp3) is 0.263. The van der Waals surface area contributed by atoms with E-state index in [0.717, 1.165) is 46.4 Å². The molecule has 0 aliphatic rings. The molecule has 0 aliphatic heterocycles. The zero-order valence-electron chi connectivity index (χ0n) is 25.0. The Labute approximate surface area is 258 Å². The maximum Gasteiger partial charge on any atom is 0.0988 e. The van der Waals surface area contributed by atoms with E-state index in [1.54, 1.807) is 0 Å². The van der Waals surface area contributed by atoms with E-state index in [1.807, 2.05) is 22.7 Å². The van der Waals surface area contributed by atoms with E-state index in [2.05, 4.69) is 113 Å². The van der Waals surface area contributed by atoms with E-state index < -0.39 is 0 Å². The molecule has 0 bridgehead atoms. The van der Waals surface area contributed by atoms with Crippen molar-refractivity contribution in [3.8, 4) is 43.4 Å². The highest BCUT2D eigenvalue weighted by atomic mass is 32.1. The van der Waals surface area contributed by atoms with Gasteiger partial charge in [-0.05, 0) is 62.8 Å². The quantitative estimate of drug-likeness (QED) is 0.160. The highest BCUT2D eigenvalue weighted by molar-refractivity contribution is 7.16. The van der Waals surface area contributed by atoms with Crippen molar-refractivity contribution in [1.29, 1.82) is 0 Å². The number of aromatic nitrogens is 2. The number of benzene rings is 3. The Morgan fingerprint density at radius 2 is 0.952 bits per heavy atom. The molecule has 0 saturated carbocycles. The van der Waals surface area contributed by atoms with Crippen LogP contribution < -0.4 is 0 Å². The molecule has 0 atom stereocenters. The van der Waals surface area contributed by atoms with Gasteiger partial charge in [0.15, 0.2) is 0 Å². The fourth-order valence-corrected chi connectivity index (χ4v) is 7.86. The third kappa shape index (κ3) is 5.71. The number of rotatable bonds is 10. The number of fused-ring (bicyclic) bond motifs is 1. The lowest BCUT2D eigenvalue weighted by Gasteiger charge is -2.15. The molecule has 0 N–H and O–H groups in total. The van der Waals surface area contributed by atoms with E-state index in [0.29, 0.717) is 0 Å². The van der Waals surface area contributed by atoms with Crippen LogP contribution in [0.25, 0.3) is 54.4 Å². The van der Waals surface area contributed by atoms with Crippen LogP contribution >= 0.6 is 22.7 Å². The van der Waals surface area contributed by atoms with Crippen LogP contribution in [-0.2, 0) is 12.8 Å². The van der Waals surface area contributed by atoms with Crippen molar-refractivity contribution >= 4 is 33.7 Å². The summed E-state index contributed by atoms with van der Waals surface area (Å²) in [7, 11) is 0. The van der Waals surface area contributed by atoms with Gasteiger partial charge in [-0.1, -0.05) is 99.5 Å². The Balaban J connectivity index is 1.63. The summed E-state index contributed by atoms with van der Waals surface area (Å²) in [4.78, 5) is 16.4. The molecule has 212 valence electrons. The van der Waals surface area contributed by atoms with E-state index >= 15 is 0 Å². The minimum absolute atomic E-state index is 0.929. The number of nitrogens with zero attached hydrogens (tertiary/aromatic N) is 2. The Kier molecular flexibility index (Phi) is 8.64. The Morgan fingerprint density at radius 1 is 0.548 bits per heavy atom. The third-order valence-electron chi connectivity index (χ3n) is 8.09. The van der Waals surface area contributed by atoms with Crippen molar-refractivity contribution in [2.75, 3.05) is 0 Å². The second-order valence-electron chi connectivity index (χ2n) is 11.1. The molecule has 0 radical (unpaired) electrons. The number of unbranched alkanes of at least 4 members (excludes halogenated alkanes) is 2. The van der Waals surface area contributed by atoms with Crippen molar-refractivity contribution in [3.63, 3.8) is 0 Å². The van der Waals surface area contributed by atoms with Gasteiger partial charge in [0.25, 0.3) is 0 Å². The average molecular weight is 587 g/mol. The zero-order chi connectivity index (χ0) is 29.1. The van der Waals surface area contributed by atoms with Crippen molar-refractivity contribution in [2.24, 2.45) is 0 Å². The van der Waals surface area contributed by atoms with Crippen molar-refractivity contribution < 1.29 is 0 Å². The third-order valence-corrected chi connectivity index (χ3v) is 10.3. The lowest BCUT2D eigenvalue weighted by molar-refractivity contribution is 0.794. The highest BCUT2D eigenvalue weighted by Gasteiger charge is 2.21. The lowest BCUT2D eigenvalue weighted by Crippen LogP contribution is -1.98. The summed E-state index contributed by atoms with van der Waals surface area (Å²) >= 11 is 3.77. The smallest absolute Gasteiger partial charge is 0.0988 e. The molecule has 2 nitrogen and oxygen atoms in total. The Morgan fingerprint density at radius 3 is 1.33 bits per heavy atom. The first kappa shape index (κ1) is 28.5. The fourth-order valence-electron chi connectivity index (χ4n) is 5.66. The van der Waals surface area contributed by atoms with Gasteiger partial charge >= 0.3 is 0 Å². The molecule has 42 heavy (non-hydrogen) atoms. The average Bonchev–Trinajstić information content (AvgIpc) is 3.59. The van der Waals surface area contributed by atoms with Crippen molar-refractivity contribution in [1.82, 2.24) is 9.97 Å². The molecule has 4 heteroatoms. The van der Waals surface area contributed by atoms with Crippen LogP contribution in [0.3, 0.4) is 0 Å². The number of aryl methyl sites for hydroxylation is 4. The van der Waals surface area contributed by atoms with E-state index in [4.69, 9.17) is 9.97 Å². The first-order valence-corrected chi connectivity index (χ1v) is 16.9. The minimum Gasteiger partial charge on any atom is -0.243 e. The second kappa shape index (κ2) is 12.7. The van der Waals surface area contributed by atoms with Gasteiger partial charge in [0, 0.05) is 41.8 Å². The summed E-state index contributed by atoms with van der Waals surface area (Å²) < 4.78 is 0. The molecule has 6 aromatic rings. The van der Waals surface area contributed by atoms with E-state index in [1.165, 1.54) is 67.4 Å². The summed E-state index contributed by atoms with van der Waals surface area (Å²) in [6, 6.07) is 30.4. The first-order chi connectivity index (χ1) is 20.6. The van der Waals surface area contributed by atoms with E-state index in [9.17, 15) is 0 Å². The van der Waals surface area contributed by atoms with Crippen molar-refractivity contribution in [2.45, 2.75) is 66.2 Å². The van der Waals surface area contributed by atoms with Gasteiger partial charge in [0.1, 0.15) is 0 Å². The van der Waals surface area contributed by atoms with Gasteiger partial charge in [-0.25, -0.2) is 9.97 Å². The number of thiophene rings is 2.